The second-order valence-electron chi connectivity index (χ2n) is 7.36. The maximum atomic E-state index is 12.7. The van der Waals surface area contributed by atoms with Gasteiger partial charge in [-0.05, 0) is 12.3 Å². The highest BCUT2D eigenvalue weighted by atomic mass is 16.5. The maximum Gasteiger partial charge on any atom is 0.311 e. The minimum absolute atomic E-state index is 0.125. The first-order valence-electron chi connectivity index (χ1n) is 9.04. The number of carbonyl (C=O) groups excluding carboxylic acids is 1. The van der Waals surface area contributed by atoms with E-state index in [-0.39, 0.29) is 40.6 Å². The molecule has 5 nitrogen and oxygen atoms in total. The molecular formula is C22H20O5. The van der Waals surface area contributed by atoms with E-state index in [9.17, 15) is 14.7 Å². The zero-order valence-corrected chi connectivity index (χ0v) is 15.2. The molecule has 27 heavy (non-hydrogen) atoms. The van der Waals surface area contributed by atoms with Crippen LogP contribution >= 0.6 is 0 Å². The number of fused-ring (bicyclic) bond motifs is 3. The molecule has 3 aromatic rings. The summed E-state index contributed by atoms with van der Waals surface area (Å²) >= 11 is 0. The van der Waals surface area contributed by atoms with Gasteiger partial charge in [0, 0.05) is 29.2 Å². The summed E-state index contributed by atoms with van der Waals surface area (Å²) in [6.07, 6.45) is 0.978. The number of ether oxygens (including phenoxy) is 1. The molecule has 0 spiro atoms. The van der Waals surface area contributed by atoms with Crippen LogP contribution in [0.4, 0.5) is 0 Å². The smallest absolute Gasteiger partial charge is 0.311 e. The second kappa shape index (κ2) is 6.58. The van der Waals surface area contributed by atoms with Crippen molar-refractivity contribution in [2.45, 2.75) is 32.6 Å². The Morgan fingerprint density at radius 2 is 1.89 bits per heavy atom. The molecule has 2 aromatic carbocycles. The van der Waals surface area contributed by atoms with Crippen LogP contribution in [-0.4, -0.2) is 11.1 Å². The van der Waals surface area contributed by atoms with Gasteiger partial charge >= 0.3 is 5.97 Å². The van der Waals surface area contributed by atoms with Gasteiger partial charge in [0.2, 0.25) is 0 Å². The number of phenols is 1. The van der Waals surface area contributed by atoms with Crippen LogP contribution in [0, 0.1) is 5.92 Å². The molecule has 0 radical (unpaired) electrons. The van der Waals surface area contributed by atoms with Gasteiger partial charge in [0.15, 0.2) is 5.43 Å². The number of benzene rings is 2. The van der Waals surface area contributed by atoms with E-state index < -0.39 is 0 Å². The molecule has 138 valence electrons. The standard InChI is InChI=1S/C22H20O5/c1-12(2)8-14-9-19(25)26-18-11-16(24)21-15(23)10-17(27-22(21)20(14)18)13-6-4-3-5-7-13/h3-7,10-12,14,24H,8-9H2,1-2H3/t14-/m0/s1. The van der Waals surface area contributed by atoms with Gasteiger partial charge in [-0.25, -0.2) is 0 Å². The lowest BCUT2D eigenvalue weighted by Crippen LogP contribution is -2.22. The highest BCUT2D eigenvalue weighted by molar-refractivity contribution is 5.92. The third kappa shape index (κ3) is 3.10. The number of hydrogen-bond acceptors (Lipinski definition) is 5. The van der Waals surface area contributed by atoms with Crippen LogP contribution < -0.4 is 10.2 Å². The maximum absolute atomic E-state index is 12.7. The van der Waals surface area contributed by atoms with Crippen molar-refractivity contribution in [3.63, 3.8) is 0 Å². The number of esters is 1. The van der Waals surface area contributed by atoms with E-state index >= 15 is 0 Å². The fraction of sp³-hybridized carbons (Fsp3) is 0.273. The zero-order chi connectivity index (χ0) is 19.1. The van der Waals surface area contributed by atoms with Crippen molar-refractivity contribution in [3.05, 3.63) is 58.3 Å². The van der Waals surface area contributed by atoms with E-state index in [0.717, 1.165) is 12.0 Å². The highest BCUT2D eigenvalue weighted by Gasteiger charge is 2.32. The summed E-state index contributed by atoms with van der Waals surface area (Å²) in [6, 6.07) is 12.0. The first kappa shape index (κ1) is 17.3. The van der Waals surface area contributed by atoms with Gasteiger partial charge < -0.3 is 14.3 Å². The van der Waals surface area contributed by atoms with E-state index in [0.29, 0.717) is 22.8 Å². The van der Waals surface area contributed by atoms with Gasteiger partial charge in [-0.15, -0.1) is 0 Å². The Morgan fingerprint density at radius 3 is 2.59 bits per heavy atom. The van der Waals surface area contributed by atoms with Crippen LogP contribution in [0.1, 0.15) is 38.2 Å². The van der Waals surface area contributed by atoms with Crippen molar-refractivity contribution in [1.82, 2.24) is 0 Å². The molecule has 0 aliphatic carbocycles. The molecule has 2 heterocycles. The lowest BCUT2D eigenvalue weighted by atomic mass is 9.84. The monoisotopic (exact) mass is 364 g/mol. The van der Waals surface area contributed by atoms with Gasteiger partial charge in [-0.1, -0.05) is 44.2 Å². The lowest BCUT2D eigenvalue weighted by Gasteiger charge is -2.26. The predicted octanol–water partition coefficient (Wildman–Crippen LogP) is 4.60. The topological polar surface area (TPSA) is 76.7 Å². The molecule has 1 N–H and O–H groups in total. The van der Waals surface area contributed by atoms with Crippen molar-refractivity contribution in [3.8, 4) is 22.8 Å². The molecule has 0 saturated carbocycles. The first-order chi connectivity index (χ1) is 12.9. The molecule has 0 saturated heterocycles. The summed E-state index contributed by atoms with van der Waals surface area (Å²) in [4.78, 5) is 24.8. The Morgan fingerprint density at radius 1 is 1.15 bits per heavy atom. The zero-order valence-electron chi connectivity index (χ0n) is 15.2. The van der Waals surface area contributed by atoms with Gasteiger partial charge in [0.05, 0.1) is 6.42 Å². The summed E-state index contributed by atoms with van der Waals surface area (Å²) in [5, 5.41) is 10.5. The van der Waals surface area contributed by atoms with Crippen LogP contribution in [0.3, 0.4) is 0 Å². The third-order valence-electron chi connectivity index (χ3n) is 4.84. The Hall–Kier alpha value is -3.08. The average Bonchev–Trinajstić information content (AvgIpc) is 2.60. The largest absolute Gasteiger partial charge is 0.507 e. The molecule has 0 bridgehead atoms. The van der Waals surface area contributed by atoms with E-state index in [4.69, 9.17) is 9.15 Å². The quantitative estimate of drug-likeness (QED) is 0.543. The molecule has 4 rings (SSSR count). The Labute approximate surface area is 156 Å². The second-order valence-corrected chi connectivity index (χ2v) is 7.36. The van der Waals surface area contributed by atoms with Crippen LogP contribution in [0.2, 0.25) is 0 Å². The molecule has 0 unspecified atom stereocenters. The molecule has 1 aliphatic rings. The Bertz CT molecular complexity index is 1080. The van der Waals surface area contributed by atoms with Crippen LogP contribution in [0.15, 0.2) is 51.7 Å². The van der Waals surface area contributed by atoms with Crippen molar-refractivity contribution in [1.29, 1.82) is 0 Å². The van der Waals surface area contributed by atoms with Gasteiger partial charge in [-0.2, -0.15) is 0 Å². The van der Waals surface area contributed by atoms with Gasteiger partial charge in [0.1, 0.15) is 28.2 Å². The lowest BCUT2D eigenvalue weighted by molar-refractivity contribution is -0.136. The van der Waals surface area contributed by atoms with Gasteiger partial charge in [-0.3, -0.25) is 9.59 Å². The minimum Gasteiger partial charge on any atom is -0.507 e. The predicted molar refractivity (Wildman–Crippen MR) is 102 cm³/mol. The average molecular weight is 364 g/mol. The van der Waals surface area contributed by atoms with Crippen molar-refractivity contribution < 1.29 is 19.1 Å². The highest BCUT2D eigenvalue weighted by Crippen LogP contribution is 2.45. The fourth-order valence-electron chi connectivity index (χ4n) is 3.77. The number of rotatable bonds is 3. The summed E-state index contributed by atoms with van der Waals surface area (Å²) in [5.41, 5.74) is 1.43. The number of hydrogen-bond donors (Lipinski definition) is 1. The summed E-state index contributed by atoms with van der Waals surface area (Å²) in [5.74, 6) is 0.333. The van der Waals surface area contributed by atoms with Crippen LogP contribution in [-0.2, 0) is 4.79 Å². The van der Waals surface area contributed by atoms with Gasteiger partial charge in [0.25, 0.3) is 0 Å². The van der Waals surface area contributed by atoms with E-state index in [1.807, 2.05) is 30.3 Å². The number of aromatic hydroxyl groups is 1. The van der Waals surface area contributed by atoms with Crippen LogP contribution in [0.25, 0.3) is 22.3 Å². The molecule has 1 aromatic heterocycles. The molecular weight excluding hydrogens is 344 g/mol. The minimum atomic E-state index is -0.339. The molecule has 0 amide bonds. The Kier molecular flexibility index (Phi) is 4.22. The fourth-order valence-corrected chi connectivity index (χ4v) is 3.77. The number of carbonyl (C=O) groups is 1. The molecule has 1 aliphatic heterocycles. The van der Waals surface area contributed by atoms with Crippen molar-refractivity contribution >= 4 is 16.9 Å². The van der Waals surface area contributed by atoms with Crippen molar-refractivity contribution in [2.24, 2.45) is 5.92 Å². The normalized spacial score (nSPS) is 16.4. The van der Waals surface area contributed by atoms with Crippen LogP contribution in [0.5, 0.6) is 11.5 Å². The molecule has 1 atom stereocenters. The summed E-state index contributed by atoms with van der Waals surface area (Å²) in [7, 11) is 0. The Balaban J connectivity index is 2.03. The molecule has 5 heteroatoms. The molecule has 0 fully saturated rings. The first-order valence-corrected chi connectivity index (χ1v) is 9.04. The summed E-state index contributed by atoms with van der Waals surface area (Å²) in [6.45, 7) is 4.15. The summed E-state index contributed by atoms with van der Waals surface area (Å²) < 4.78 is 11.5. The van der Waals surface area contributed by atoms with E-state index in [1.54, 1.807) is 0 Å². The van der Waals surface area contributed by atoms with E-state index in [2.05, 4.69) is 13.8 Å². The third-order valence-corrected chi connectivity index (χ3v) is 4.84. The van der Waals surface area contributed by atoms with E-state index in [1.165, 1.54) is 12.1 Å². The SMILES string of the molecule is CC(C)C[C@H]1CC(=O)Oc2cc(O)c3c(=O)cc(-c4ccccc4)oc3c21. The number of phenolic OH excluding ortho intramolecular Hbond substituents is 1. The van der Waals surface area contributed by atoms with Crippen molar-refractivity contribution in [2.75, 3.05) is 0 Å².